The minimum absolute atomic E-state index is 0.723. The summed E-state index contributed by atoms with van der Waals surface area (Å²) in [6, 6.07) is 8.65. The molecule has 0 bridgehead atoms. The van der Waals surface area contributed by atoms with E-state index in [0.29, 0.717) is 0 Å². The van der Waals surface area contributed by atoms with Crippen molar-refractivity contribution in [2.24, 2.45) is 17.8 Å². The second-order valence-electron chi connectivity index (χ2n) is 6.42. The van der Waals surface area contributed by atoms with Gasteiger partial charge in [-0.1, -0.05) is 39.8 Å². The predicted octanol–water partition coefficient (Wildman–Crippen LogP) is 3.89. The van der Waals surface area contributed by atoms with Gasteiger partial charge in [0.1, 0.15) is 0 Å². The van der Waals surface area contributed by atoms with E-state index in [-0.39, 0.29) is 0 Å². The Morgan fingerprint density at radius 2 is 1.71 bits per heavy atom. The molecule has 0 spiro atoms. The van der Waals surface area contributed by atoms with Crippen molar-refractivity contribution in [1.29, 1.82) is 0 Å². The number of rotatable bonds is 7. The quantitative estimate of drug-likeness (QED) is 0.836. The van der Waals surface area contributed by atoms with Gasteiger partial charge < -0.3 is 9.88 Å². The molecule has 1 aromatic heterocycles. The van der Waals surface area contributed by atoms with Crippen molar-refractivity contribution in [2.75, 3.05) is 6.54 Å². The summed E-state index contributed by atoms with van der Waals surface area (Å²) in [7, 11) is 0. The normalized spacial score (nSPS) is 11.8. The predicted molar refractivity (Wildman–Crippen MR) is 88.4 cm³/mol. The minimum Gasteiger partial charge on any atom is -0.312 e. The molecular weight excluding hydrogens is 258 g/mol. The van der Waals surface area contributed by atoms with Crippen LogP contribution in [-0.4, -0.2) is 16.1 Å². The molecule has 0 aliphatic rings. The van der Waals surface area contributed by atoms with E-state index in [1.165, 1.54) is 5.56 Å². The summed E-state index contributed by atoms with van der Waals surface area (Å²) in [5.74, 6) is 2.18. The van der Waals surface area contributed by atoms with Crippen LogP contribution in [0.15, 0.2) is 43.0 Å². The standard InChI is InChI=1S/C18H27N3/c1-14(2)18(15(3)4)12-20-11-16-5-7-17(8-6-16)21-10-9-19-13-21/h5-10,13-15,18,20H,11-12H2,1-4H3. The molecule has 1 N–H and O–H groups in total. The van der Waals surface area contributed by atoms with Crippen molar-refractivity contribution in [2.45, 2.75) is 34.2 Å². The van der Waals surface area contributed by atoms with Gasteiger partial charge in [0.15, 0.2) is 0 Å². The van der Waals surface area contributed by atoms with Crippen molar-refractivity contribution < 1.29 is 0 Å². The highest BCUT2D eigenvalue weighted by Crippen LogP contribution is 2.19. The van der Waals surface area contributed by atoms with Crippen LogP contribution in [0.2, 0.25) is 0 Å². The summed E-state index contributed by atoms with van der Waals surface area (Å²) < 4.78 is 2.02. The first-order chi connectivity index (χ1) is 10.1. The lowest BCUT2D eigenvalue weighted by Gasteiger charge is -2.25. The highest BCUT2D eigenvalue weighted by Gasteiger charge is 2.16. The van der Waals surface area contributed by atoms with Crippen LogP contribution < -0.4 is 5.32 Å². The summed E-state index contributed by atoms with van der Waals surface area (Å²) in [6.45, 7) is 11.3. The third kappa shape index (κ3) is 4.43. The molecule has 0 aliphatic heterocycles. The molecule has 3 nitrogen and oxygen atoms in total. The number of hydrogen-bond acceptors (Lipinski definition) is 2. The molecule has 0 atom stereocenters. The van der Waals surface area contributed by atoms with Crippen LogP contribution >= 0.6 is 0 Å². The smallest absolute Gasteiger partial charge is 0.0991 e. The number of aromatic nitrogens is 2. The lowest BCUT2D eigenvalue weighted by molar-refractivity contribution is 0.275. The zero-order chi connectivity index (χ0) is 15.2. The number of nitrogens with one attached hydrogen (secondary N) is 1. The average molecular weight is 285 g/mol. The Morgan fingerprint density at radius 3 is 2.24 bits per heavy atom. The number of benzene rings is 1. The molecular formula is C18H27N3. The molecule has 3 heteroatoms. The van der Waals surface area contributed by atoms with Gasteiger partial charge in [0.25, 0.3) is 0 Å². The van der Waals surface area contributed by atoms with Gasteiger partial charge in [0.05, 0.1) is 6.33 Å². The SMILES string of the molecule is CC(C)C(CNCc1ccc(-n2ccnc2)cc1)C(C)C. The van der Waals surface area contributed by atoms with E-state index in [1.807, 2.05) is 17.1 Å². The fourth-order valence-corrected chi connectivity index (χ4v) is 2.82. The van der Waals surface area contributed by atoms with Gasteiger partial charge in [-0.15, -0.1) is 0 Å². The first-order valence-electron chi connectivity index (χ1n) is 7.86. The topological polar surface area (TPSA) is 29.9 Å². The van der Waals surface area contributed by atoms with E-state index in [9.17, 15) is 0 Å². The van der Waals surface area contributed by atoms with Gasteiger partial charge in [0, 0.05) is 24.6 Å². The molecule has 2 aromatic rings. The third-order valence-corrected chi connectivity index (χ3v) is 4.16. The molecule has 0 saturated carbocycles. The van der Waals surface area contributed by atoms with Crippen molar-refractivity contribution in [1.82, 2.24) is 14.9 Å². The fourth-order valence-electron chi connectivity index (χ4n) is 2.82. The van der Waals surface area contributed by atoms with Gasteiger partial charge in [0.2, 0.25) is 0 Å². The van der Waals surface area contributed by atoms with E-state index in [4.69, 9.17) is 0 Å². The second-order valence-corrected chi connectivity index (χ2v) is 6.42. The van der Waals surface area contributed by atoms with Gasteiger partial charge >= 0.3 is 0 Å². The monoisotopic (exact) mass is 285 g/mol. The fraction of sp³-hybridized carbons (Fsp3) is 0.500. The third-order valence-electron chi connectivity index (χ3n) is 4.16. The van der Waals surface area contributed by atoms with E-state index < -0.39 is 0 Å². The van der Waals surface area contributed by atoms with Crippen LogP contribution in [0.4, 0.5) is 0 Å². The van der Waals surface area contributed by atoms with Crippen LogP contribution in [0.1, 0.15) is 33.3 Å². The second kappa shape index (κ2) is 7.41. The number of hydrogen-bond donors (Lipinski definition) is 1. The van der Waals surface area contributed by atoms with Crippen molar-refractivity contribution in [3.63, 3.8) is 0 Å². The van der Waals surface area contributed by atoms with E-state index in [1.54, 1.807) is 6.20 Å². The Labute approximate surface area is 128 Å². The number of nitrogens with zero attached hydrogens (tertiary/aromatic N) is 2. The molecule has 0 saturated heterocycles. The van der Waals surface area contributed by atoms with Crippen LogP contribution in [0.3, 0.4) is 0 Å². The van der Waals surface area contributed by atoms with Crippen molar-refractivity contribution in [3.8, 4) is 5.69 Å². The van der Waals surface area contributed by atoms with Crippen molar-refractivity contribution >= 4 is 0 Å². The summed E-state index contributed by atoms with van der Waals surface area (Å²) >= 11 is 0. The lowest BCUT2D eigenvalue weighted by Crippen LogP contribution is -2.29. The molecule has 1 heterocycles. The highest BCUT2D eigenvalue weighted by molar-refractivity contribution is 5.34. The molecule has 0 fully saturated rings. The van der Waals surface area contributed by atoms with Gasteiger partial charge in [-0.2, -0.15) is 0 Å². The Balaban J connectivity index is 1.86. The Hall–Kier alpha value is -1.61. The van der Waals surface area contributed by atoms with Gasteiger partial charge in [-0.25, -0.2) is 4.98 Å². The first-order valence-corrected chi connectivity index (χ1v) is 7.86. The van der Waals surface area contributed by atoms with Crippen molar-refractivity contribution in [3.05, 3.63) is 48.5 Å². The first kappa shape index (κ1) is 15.8. The van der Waals surface area contributed by atoms with Crippen LogP contribution in [0, 0.1) is 17.8 Å². The Morgan fingerprint density at radius 1 is 1.05 bits per heavy atom. The van der Waals surface area contributed by atoms with Gasteiger partial charge in [-0.05, 0) is 42.0 Å². The maximum Gasteiger partial charge on any atom is 0.0991 e. The zero-order valence-electron chi connectivity index (χ0n) is 13.6. The van der Waals surface area contributed by atoms with Gasteiger partial charge in [-0.3, -0.25) is 0 Å². The highest BCUT2D eigenvalue weighted by atomic mass is 15.0. The van der Waals surface area contributed by atoms with E-state index in [0.717, 1.165) is 36.5 Å². The molecule has 114 valence electrons. The molecule has 1 aromatic carbocycles. The minimum atomic E-state index is 0.723. The van der Waals surface area contributed by atoms with E-state index in [2.05, 4.69) is 62.3 Å². The summed E-state index contributed by atoms with van der Waals surface area (Å²) in [5.41, 5.74) is 2.48. The molecule has 2 rings (SSSR count). The summed E-state index contributed by atoms with van der Waals surface area (Å²) in [5, 5.41) is 3.60. The molecule has 21 heavy (non-hydrogen) atoms. The molecule has 0 radical (unpaired) electrons. The Kier molecular flexibility index (Phi) is 5.57. The Bertz CT molecular complexity index is 504. The zero-order valence-corrected chi connectivity index (χ0v) is 13.6. The maximum atomic E-state index is 4.07. The van der Waals surface area contributed by atoms with Crippen LogP contribution in [0.5, 0.6) is 0 Å². The van der Waals surface area contributed by atoms with Crippen LogP contribution in [-0.2, 0) is 6.54 Å². The number of imidazole rings is 1. The van der Waals surface area contributed by atoms with E-state index >= 15 is 0 Å². The molecule has 0 unspecified atom stereocenters. The maximum absolute atomic E-state index is 4.07. The van der Waals surface area contributed by atoms with Crippen LogP contribution in [0.25, 0.3) is 5.69 Å². The lowest BCUT2D eigenvalue weighted by atomic mass is 9.85. The summed E-state index contributed by atoms with van der Waals surface area (Å²) in [4.78, 5) is 4.07. The molecule has 0 aliphatic carbocycles. The summed E-state index contributed by atoms with van der Waals surface area (Å²) in [6.07, 6.45) is 5.58. The largest absolute Gasteiger partial charge is 0.312 e. The average Bonchev–Trinajstić information content (AvgIpc) is 2.97. The molecule has 0 amide bonds.